The molecule has 1 aromatic heterocycles. The van der Waals surface area contributed by atoms with Gasteiger partial charge in [-0.15, -0.1) is 0 Å². The molecular formula is C18H19BrClN3O2. The predicted octanol–water partition coefficient (Wildman–Crippen LogP) is 3.46. The van der Waals surface area contributed by atoms with Crippen molar-refractivity contribution in [2.24, 2.45) is 0 Å². The van der Waals surface area contributed by atoms with Crippen LogP contribution in [0.1, 0.15) is 15.9 Å². The lowest BCUT2D eigenvalue weighted by molar-refractivity contribution is 0.0628. The molecule has 0 aliphatic carbocycles. The van der Waals surface area contributed by atoms with Gasteiger partial charge in [0.05, 0.1) is 12.7 Å². The zero-order valence-electron chi connectivity index (χ0n) is 13.9. The van der Waals surface area contributed by atoms with Gasteiger partial charge in [0.2, 0.25) is 0 Å². The number of carbonyl (C=O) groups is 1. The summed E-state index contributed by atoms with van der Waals surface area (Å²) in [4.78, 5) is 20.9. The Bertz CT molecular complexity index is 746. The first-order chi connectivity index (χ1) is 12.1. The number of carbonyl (C=O) groups excluding carboxylic acids is 1. The number of nitrogens with zero attached hydrogens (tertiary/aromatic N) is 3. The van der Waals surface area contributed by atoms with E-state index in [1.807, 2.05) is 17.0 Å². The molecule has 0 spiro atoms. The highest BCUT2D eigenvalue weighted by Gasteiger charge is 2.24. The van der Waals surface area contributed by atoms with E-state index >= 15 is 0 Å². The lowest BCUT2D eigenvalue weighted by Crippen LogP contribution is -2.48. The van der Waals surface area contributed by atoms with Crippen LogP contribution in [0.3, 0.4) is 0 Å². The quantitative estimate of drug-likeness (QED) is 0.705. The van der Waals surface area contributed by atoms with E-state index in [0.717, 1.165) is 29.9 Å². The highest BCUT2D eigenvalue weighted by atomic mass is 79.9. The van der Waals surface area contributed by atoms with E-state index in [1.165, 1.54) is 5.56 Å². The first-order valence-electron chi connectivity index (χ1n) is 8.02. The van der Waals surface area contributed by atoms with Crippen LogP contribution in [-0.4, -0.2) is 54.0 Å². The van der Waals surface area contributed by atoms with Crippen molar-refractivity contribution in [3.8, 4) is 5.75 Å². The maximum atomic E-state index is 12.7. The normalized spacial score (nSPS) is 15.2. The third kappa shape index (κ3) is 4.51. The highest BCUT2D eigenvalue weighted by Crippen LogP contribution is 2.21. The van der Waals surface area contributed by atoms with Crippen molar-refractivity contribution in [3.05, 3.63) is 57.3 Å². The van der Waals surface area contributed by atoms with Crippen LogP contribution in [0.5, 0.6) is 5.75 Å². The second kappa shape index (κ2) is 8.17. The summed E-state index contributed by atoms with van der Waals surface area (Å²) in [7, 11) is 1.66. The number of methoxy groups -OCH3 is 1. The van der Waals surface area contributed by atoms with Crippen LogP contribution in [0.4, 0.5) is 0 Å². The van der Waals surface area contributed by atoms with E-state index in [9.17, 15) is 4.79 Å². The van der Waals surface area contributed by atoms with Gasteiger partial charge in [0, 0.05) is 43.4 Å². The molecule has 0 unspecified atom stereocenters. The predicted molar refractivity (Wildman–Crippen MR) is 101 cm³/mol. The van der Waals surface area contributed by atoms with Crippen LogP contribution < -0.4 is 4.74 Å². The molecule has 132 valence electrons. The van der Waals surface area contributed by atoms with Gasteiger partial charge in [-0.25, -0.2) is 4.98 Å². The molecule has 1 fully saturated rings. The number of aromatic nitrogens is 1. The van der Waals surface area contributed by atoms with Gasteiger partial charge < -0.3 is 9.64 Å². The largest absolute Gasteiger partial charge is 0.497 e. The molecule has 5 nitrogen and oxygen atoms in total. The van der Waals surface area contributed by atoms with Crippen LogP contribution >= 0.6 is 27.5 Å². The number of hydrogen-bond acceptors (Lipinski definition) is 4. The lowest BCUT2D eigenvalue weighted by Gasteiger charge is -2.34. The number of amides is 1. The minimum atomic E-state index is -0.0668. The van der Waals surface area contributed by atoms with E-state index in [-0.39, 0.29) is 11.1 Å². The second-order valence-corrected chi connectivity index (χ2v) is 7.18. The molecule has 2 aromatic rings. The fourth-order valence-corrected chi connectivity index (χ4v) is 3.36. The maximum Gasteiger partial charge on any atom is 0.257 e. The van der Waals surface area contributed by atoms with E-state index in [1.54, 1.807) is 19.4 Å². The number of pyridine rings is 1. The van der Waals surface area contributed by atoms with Gasteiger partial charge >= 0.3 is 0 Å². The van der Waals surface area contributed by atoms with Gasteiger partial charge in [0.15, 0.2) is 0 Å². The third-order valence-corrected chi connectivity index (χ3v) is 5.00. The van der Waals surface area contributed by atoms with Gasteiger partial charge in [-0.2, -0.15) is 0 Å². The Morgan fingerprint density at radius 2 is 1.92 bits per heavy atom. The molecule has 2 heterocycles. The molecule has 3 rings (SSSR count). The smallest absolute Gasteiger partial charge is 0.257 e. The summed E-state index contributed by atoms with van der Waals surface area (Å²) < 4.78 is 5.93. The fraction of sp³-hybridized carbons (Fsp3) is 0.333. The molecule has 0 atom stereocenters. The standard InChI is InChI=1S/C18H19BrClN3O2/c1-25-15-4-2-13(3-5-15)12-22-6-8-23(9-7-22)18(24)16-10-14(19)11-21-17(16)20/h2-5,10-11H,6-9,12H2,1H3. The Morgan fingerprint density at radius 1 is 1.24 bits per heavy atom. The van der Waals surface area contributed by atoms with E-state index in [0.29, 0.717) is 18.7 Å². The summed E-state index contributed by atoms with van der Waals surface area (Å²) >= 11 is 9.41. The Balaban J connectivity index is 1.57. The maximum absolute atomic E-state index is 12.7. The van der Waals surface area contributed by atoms with Gasteiger partial charge in [-0.3, -0.25) is 9.69 Å². The molecule has 1 aliphatic rings. The Kier molecular flexibility index (Phi) is 5.93. The van der Waals surface area contributed by atoms with Crippen LogP contribution in [0.2, 0.25) is 5.15 Å². The van der Waals surface area contributed by atoms with Crippen molar-refractivity contribution in [2.75, 3.05) is 33.3 Å². The highest BCUT2D eigenvalue weighted by molar-refractivity contribution is 9.10. The van der Waals surface area contributed by atoms with Crippen molar-refractivity contribution in [3.63, 3.8) is 0 Å². The summed E-state index contributed by atoms with van der Waals surface area (Å²) in [6.07, 6.45) is 1.59. The average Bonchev–Trinajstić information content (AvgIpc) is 2.64. The van der Waals surface area contributed by atoms with Gasteiger partial charge in [-0.1, -0.05) is 23.7 Å². The topological polar surface area (TPSA) is 45.7 Å². The molecule has 0 N–H and O–H groups in total. The van der Waals surface area contributed by atoms with Crippen molar-refractivity contribution in [1.82, 2.24) is 14.8 Å². The summed E-state index contributed by atoms with van der Waals surface area (Å²) in [5.74, 6) is 0.793. The van der Waals surface area contributed by atoms with Crippen LogP contribution in [0, 0.1) is 0 Å². The summed E-state index contributed by atoms with van der Waals surface area (Å²) in [5, 5.41) is 0.244. The number of rotatable bonds is 4. The molecular weight excluding hydrogens is 406 g/mol. The molecule has 1 amide bonds. The average molecular weight is 425 g/mol. The van der Waals surface area contributed by atoms with Gasteiger partial charge in [0.1, 0.15) is 10.9 Å². The molecule has 0 radical (unpaired) electrons. The SMILES string of the molecule is COc1ccc(CN2CCN(C(=O)c3cc(Br)cnc3Cl)CC2)cc1. The fourth-order valence-electron chi connectivity index (χ4n) is 2.84. The van der Waals surface area contributed by atoms with Crippen molar-refractivity contribution >= 4 is 33.4 Å². The number of halogens is 2. The number of hydrogen-bond donors (Lipinski definition) is 0. The molecule has 1 aliphatic heterocycles. The second-order valence-electron chi connectivity index (χ2n) is 5.91. The van der Waals surface area contributed by atoms with Gasteiger partial charge in [-0.05, 0) is 39.7 Å². The minimum absolute atomic E-state index is 0.0668. The van der Waals surface area contributed by atoms with Crippen molar-refractivity contribution < 1.29 is 9.53 Å². The van der Waals surface area contributed by atoms with Crippen LogP contribution in [0.15, 0.2) is 41.0 Å². The van der Waals surface area contributed by atoms with Crippen molar-refractivity contribution in [2.45, 2.75) is 6.54 Å². The summed E-state index contributed by atoms with van der Waals surface area (Å²) in [6, 6.07) is 9.81. The lowest BCUT2D eigenvalue weighted by atomic mass is 10.1. The Hall–Kier alpha value is -1.63. The molecule has 7 heteroatoms. The van der Waals surface area contributed by atoms with E-state index in [2.05, 4.69) is 37.9 Å². The van der Waals surface area contributed by atoms with Crippen LogP contribution in [0.25, 0.3) is 0 Å². The van der Waals surface area contributed by atoms with Crippen molar-refractivity contribution in [1.29, 1.82) is 0 Å². The molecule has 1 saturated heterocycles. The molecule has 0 saturated carbocycles. The molecule has 0 bridgehead atoms. The molecule has 25 heavy (non-hydrogen) atoms. The Labute approximate surface area is 160 Å². The molecule has 1 aromatic carbocycles. The summed E-state index contributed by atoms with van der Waals surface area (Å²) in [5.41, 5.74) is 1.68. The monoisotopic (exact) mass is 423 g/mol. The zero-order chi connectivity index (χ0) is 17.8. The van der Waals surface area contributed by atoms with E-state index in [4.69, 9.17) is 16.3 Å². The summed E-state index contributed by atoms with van der Waals surface area (Å²) in [6.45, 7) is 3.88. The first-order valence-corrected chi connectivity index (χ1v) is 9.19. The zero-order valence-corrected chi connectivity index (χ0v) is 16.3. The first kappa shape index (κ1) is 18.2. The number of piperazine rings is 1. The minimum Gasteiger partial charge on any atom is -0.497 e. The van der Waals surface area contributed by atoms with Gasteiger partial charge in [0.25, 0.3) is 5.91 Å². The third-order valence-electron chi connectivity index (χ3n) is 4.26. The van der Waals surface area contributed by atoms with Crippen LogP contribution in [-0.2, 0) is 6.54 Å². The Morgan fingerprint density at radius 3 is 2.56 bits per heavy atom. The number of ether oxygens (including phenoxy) is 1. The number of benzene rings is 1. The van der Waals surface area contributed by atoms with E-state index < -0.39 is 0 Å².